The summed E-state index contributed by atoms with van der Waals surface area (Å²) in [6.07, 6.45) is 7.04. The highest BCUT2D eigenvalue weighted by Gasteiger charge is 2.36. The number of amides is 2. The third-order valence-electron chi connectivity index (χ3n) is 5.11. The number of hydrogen-bond donors (Lipinski definition) is 1. The molecule has 1 aromatic rings. The van der Waals surface area contributed by atoms with E-state index in [1.165, 1.54) is 0 Å². The van der Waals surface area contributed by atoms with Gasteiger partial charge in [-0.3, -0.25) is 19.5 Å². The smallest absolute Gasteiger partial charge is 0.255 e. The van der Waals surface area contributed by atoms with Crippen molar-refractivity contribution in [3.63, 3.8) is 0 Å². The average Bonchev–Trinajstić information content (AvgIpc) is 3.05. The van der Waals surface area contributed by atoms with Crippen LogP contribution in [0.25, 0.3) is 0 Å². The van der Waals surface area contributed by atoms with Crippen molar-refractivity contribution in [2.24, 2.45) is 5.73 Å². The first-order valence-electron chi connectivity index (χ1n) is 8.33. The van der Waals surface area contributed by atoms with E-state index >= 15 is 0 Å². The maximum absolute atomic E-state index is 12.6. The number of rotatable bonds is 3. The number of likely N-dealkylation sites (tertiary alicyclic amines) is 2. The second-order valence-electron chi connectivity index (χ2n) is 6.51. The Hall–Kier alpha value is -1.95. The number of primary amides is 1. The van der Waals surface area contributed by atoms with E-state index in [4.69, 9.17) is 5.73 Å². The van der Waals surface area contributed by atoms with E-state index in [1.54, 1.807) is 12.4 Å². The summed E-state index contributed by atoms with van der Waals surface area (Å²) < 4.78 is 0. The molecule has 1 unspecified atom stereocenters. The summed E-state index contributed by atoms with van der Waals surface area (Å²) in [6, 6.07) is 2.10. The highest BCUT2D eigenvalue weighted by Crippen LogP contribution is 2.26. The zero-order chi connectivity index (χ0) is 16.4. The molecule has 1 aromatic heterocycles. The monoisotopic (exact) mass is 316 g/mol. The van der Waals surface area contributed by atoms with Crippen molar-refractivity contribution < 1.29 is 9.59 Å². The first-order chi connectivity index (χ1) is 11.1. The third kappa shape index (κ3) is 3.22. The minimum atomic E-state index is -0.216. The molecular formula is C17H24N4O2. The lowest BCUT2D eigenvalue weighted by Crippen LogP contribution is -2.51. The van der Waals surface area contributed by atoms with Crippen LogP contribution in [0.5, 0.6) is 0 Å². The molecule has 2 aliphatic heterocycles. The molecule has 1 atom stereocenters. The van der Waals surface area contributed by atoms with Gasteiger partial charge in [-0.25, -0.2) is 0 Å². The SMILES string of the molecule is Cc1ccncc1C(=O)N1CCC(N2CCCC2C(N)=O)CC1. The normalized spacial score (nSPS) is 23.2. The van der Waals surface area contributed by atoms with E-state index in [-0.39, 0.29) is 17.9 Å². The summed E-state index contributed by atoms with van der Waals surface area (Å²) in [6.45, 7) is 4.32. The zero-order valence-electron chi connectivity index (χ0n) is 13.6. The van der Waals surface area contributed by atoms with E-state index in [1.807, 2.05) is 17.9 Å². The number of piperidine rings is 1. The van der Waals surface area contributed by atoms with Crippen LogP contribution < -0.4 is 5.73 Å². The van der Waals surface area contributed by atoms with E-state index in [9.17, 15) is 9.59 Å². The molecule has 3 heterocycles. The van der Waals surface area contributed by atoms with Crippen molar-refractivity contribution in [2.45, 2.75) is 44.7 Å². The van der Waals surface area contributed by atoms with Gasteiger partial charge in [-0.1, -0.05) is 0 Å². The molecule has 2 saturated heterocycles. The number of carbonyl (C=O) groups excluding carboxylic acids is 2. The lowest BCUT2D eigenvalue weighted by molar-refractivity contribution is -0.123. The van der Waals surface area contributed by atoms with Crippen LogP contribution in [0.4, 0.5) is 0 Å². The molecule has 2 amide bonds. The van der Waals surface area contributed by atoms with Gasteiger partial charge in [0.05, 0.1) is 11.6 Å². The first-order valence-corrected chi connectivity index (χ1v) is 8.33. The number of aryl methyl sites for hydroxylation is 1. The van der Waals surface area contributed by atoms with E-state index in [2.05, 4.69) is 9.88 Å². The molecule has 3 rings (SSSR count). The molecular weight excluding hydrogens is 292 g/mol. The molecule has 23 heavy (non-hydrogen) atoms. The Kier molecular flexibility index (Phi) is 4.61. The fraction of sp³-hybridized carbons (Fsp3) is 0.588. The Morgan fingerprint density at radius 1 is 1.22 bits per heavy atom. The van der Waals surface area contributed by atoms with Crippen molar-refractivity contribution in [1.29, 1.82) is 0 Å². The van der Waals surface area contributed by atoms with Crippen molar-refractivity contribution in [2.75, 3.05) is 19.6 Å². The molecule has 0 spiro atoms. The van der Waals surface area contributed by atoms with Gasteiger partial charge in [-0.05, 0) is 50.8 Å². The predicted octanol–water partition coefficient (Wildman–Crippen LogP) is 0.944. The molecule has 0 aliphatic carbocycles. The number of aromatic nitrogens is 1. The second-order valence-corrected chi connectivity index (χ2v) is 6.51. The van der Waals surface area contributed by atoms with Gasteiger partial charge in [0.15, 0.2) is 0 Å². The average molecular weight is 316 g/mol. The van der Waals surface area contributed by atoms with E-state index in [0.717, 1.165) is 50.9 Å². The Morgan fingerprint density at radius 3 is 2.61 bits per heavy atom. The number of hydrogen-bond acceptors (Lipinski definition) is 4. The minimum absolute atomic E-state index is 0.0573. The zero-order valence-corrected chi connectivity index (χ0v) is 13.6. The van der Waals surface area contributed by atoms with Gasteiger partial charge in [-0.15, -0.1) is 0 Å². The molecule has 0 aromatic carbocycles. The molecule has 2 aliphatic rings. The molecule has 0 bridgehead atoms. The van der Waals surface area contributed by atoms with E-state index < -0.39 is 0 Å². The van der Waals surface area contributed by atoms with Crippen molar-refractivity contribution in [1.82, 2.24) is 14.8 Å². The van der Waals surface area contributed by atoms with Gasteiger partial charge < -0.3 is 10.6 Å². The van der Waals surface area contributed by atoms with Crippen molar-refractivity contribution in [3.05, 3.63) is 29.6 Å². The number of nitrogens with zero attached hydrogens (tertiary/aromatic N) is 3. The summed E-state index contributed by atoms with van der Waals surface area (Å²) in [5.41, 5.74) is 7.15. The van der Waals surface area contributed by atoms with E-state index in [0.29, 0.717) is 11.6 Å². The molecule has 2 N–H and O–H groups in total. The highest BCUT2D eigenvalue weighted by molar-refractivity contribution is 5.95. The summed E-state index contributed by atoms with van der Waals surface area (Å²) in [5.74, 6) is -0.158. The summed E-state index contributed by atoms with van der Waals surface area (Å²) in [4.78, 5) is 32.4. The lowest BCUT2D eigenvalue weighted by Gasteiger charge is -2.38. The fourth-order valence-corrected chi connectivity index (χ4v) is 3.79. The van der Waals surface area contributed by atoms with Crippen LogP contribution in [0.15, 0.2) is 18.5 Å². The standard InChI is InChI=1S/C17H24N4O2/c1-12-4-7-19-11-14(12)17(23)20-9-5-13(6-10-20)21-8-2-3-15(21)16(18)22/h4,7,11,13,15H,2-3,5-6,8-10H2,1H3,(H2,18,22). The maximum Gasteiger partial charge on any atom is 0.255 e. The Morgan fingerprint density at radius 2 is 1.96 bits per heavy atom. The van der Waals surface area contributed by atoms with Crippen LogP contribution in [0.3, 0.4) is 0 Å². The van der Waals surface area contributed by atoms with Gasteiger partial charge in [0, 0.05) is 31.5 Å². The van der Waals surface area contributed by atoms with Crippen LogP contribution in [-0.2, 0) is 4.79 Å². The summed E-state index contributed by atoms with van der Waals surface area (Å²) in [5, 5.41) is 0. The van der Waals surface area contributed by atoms with Gasteiger partial charge >= 0.3 is 0 Å². The first kappa shape index (κ1) is 15.9. The predicted molar refractivity (Wildman–Crippen MR) is 86.8 cm³/mol. The number of pyridine rings is 1. The quantitative estimate of drug-likeness (QED) is 0.900. The maximum atomic E-state index is 12.6. The molecule has 2 fully saturated rings. The second kappa shape index (κ2) is 6.66. The Balaban J connectivity index is 1.61. The van der Waals surface area contributed by atoms with Crippen molar-refractivity contribution >= 4 is 11.8 Å². The minimum Gasteiger partial charge on any atom is -0.368 e. The largest absolute Gasteiger partial charge is 0.368 e. The number of carbonyl (C=O) groups is 2. The van der Waals surface area contributed by atoms with Gasteiger partial charge in [0.25, 0.3) is 5.91 Å². The van der Waals surface area contributed by atoms with Crippen molar-refractivity contribution in [3.8, 4) is 0 Å². The third-order valence-corrected chi connectivity index (χ3v) is 5.11. The van der Waals surface area contributed by atoms with Crippen LogP contribution in [0, 0.1) is 6.92 Å². The Labute approximate surface area is 136 Å². The molecule has 0 saturated carbocycles. The van der Waals surface area contributed by atoms with Gasteiger partial charge in [0.2, 0.25) is 5.91 Å². The van der Waals surface area contributed by atoms with Crippen LogP contribution in [-0.4, -0.2) is 58.3 Å². The molecule has 6 heteroatoms. The number of nitrogens with two attached hydrogens (primary N) is 1. The van der Waals surface area contributed by atoms with Crippen LogP contribution in [0.2, 0.25) is 0 Å². The summed E-state index contributed by atoms with van der Waals surface area (Å²) >= 11 is 0. The highest BCUT2D eigenvalue weighted by atomic mass is 16.2. The molecule has 124 valence electrons. The molecule has 6 nitrogen and oxygen atoms in total. The lowest BCUT2D eigenvalue weighted by atomic mass is 10.0. The fourth-order valence-electron chi connectivity index (χ4n) is 3.79. The molecule has 0 radical (unpaired) electrons. The van der Waals surface area contributed by atoms with Gasteiger partial charge in [-0.2, -0.15) is 0 Å². The topological polar surface area (TPSA) is 79.5 Å². The van der Waals surface area contributed by atoms with Crippen LogP contribution in [0.1, 0.15) is 41.6 Å². The van der Waals surface area contributed by atoms with Crippen LogP contribution >= 0.6 is 0 Å². The Bertz CT molecular complexity index is 596. The summed E-state index contributed by atoms with van der Waals surface area (Å²) in [7, 11) is 0. The van der Waals surface area contributed by atoms with Gasteiger partial charge in [0.1, 0.15) is 0 Å².